The number of benzene rings is 1. The molecule has 0 aromatic heterocycles. The summed E-state index contributed by atoms with van der Waals surface area (Å²) in [5.41, 5.74) is 1.28. The second-order valence-corrected chi connectivity index (χ2v) is 6.08. The van der Waals surface area contributed by atoms with Crippen molar-refractivity contribution in [1.82, 2.24) is 5.32 Å². The molecule has 2 atom stereocenters. The standard InChI is InChI=1S/C17H24ClNO2/c1-2-21-17(20)14-4-3-5-16(12-14)19-11-10-13-6-8-15(18)9-7-13/h6-9,14,16,19H,2-5,10-12H2,1H3. The molecule has 21 heavy (non-hydrogen) atoms. The number of esters is 1. The Morgan fingerprint density at radius 1 is 1.33 bits per heavy atom. The quantitative estimate of drug-likeness (QED) is 0.816. The molecule has 0 heterocycles. The minimum atomic E-state index is -0.0262. The van der Waals surface area contributed by atoms with Gasteiger partial charge in [-0.1, -0.05) is 30.2 Å². The number of nitrogens with one attached hydrogen (secondary N) is 1. The Morgan fingerprint density at radius 2 is 2.10 bits per heavy atom. The molecule has 1 aromatic carbocycles. The monoisotopic (exact) mass is 309 g/mol. The summed E-state index contributed by atoms with van der Waals surface area (Å²) < 4.78 is 5.14. The fraction of sp³-hybridized carbons (Fsp3) is 0.588. The molecule has 4 heteroatoms. The van der Waals surface area contributed by atoms with Crippen LogP contribution in [0.15, 0.2) is 24.3 Å². The van der Waals surface area contributed by atoms with Gasteiger partial charge in [0.05, 0.1) is 12.5 Å². The van der Waals surface area contributed by atoms with Crippen LogP contribution in [-0.2, 0) is 16.0 Å². The second-order valence-electron chi connectivity index (χ2n) is 5.64. The van der Waals surface area contributed by atoms with Gasteiger partial charge in [-0.05, 0) is 56.8 Å². The highest BCUT2D eigenvalue weighted by Gasteiger charge is 2.27. The summed E-state index contributed by atoms with van der Waals surface area (Å²) in [7, 11) is 0. The molecule has 0 bridgehead atoms. The van der Waals surface area contributed by atoms with E-state index in [2.05, 4.69) is 17.4 Å². The maximum absolute atomic E-state index is 11.8. The van der Waals surface area contributed by atoms with Crippen molar-refractivity contribution < 1.29 is 9.53 Å². The van der Waals surface area contributed by atoms with Crippen LogP contribution in [0, 0.1) is 5.92 Å². The first-order valence-electron chi connectivity index (χ1n) is 7.83. The van der Waals surface area contributed by atoms with Crippen LogP contribution in [0.3, 0.4) is 0 Å². The first-order chi connectivity index (χ1) is 10.2. The van der Waals surface area contributed by atoms with E-state index < -0.39 is 0 Å². The van der Waals surface area contributed by atoms with Crippen molar-refractivity contribution >= 4 is 17.6 Å². The van der Waals surface area contributed by atoms with Gasteiger partial charge in [-0.25, -0.2) is 0 Å². The second kappa shape index (κ2) is 8.40. The Bertz CT molecular complexity index is 447. The predicted octanol–water partition coefficient (Wildman–Crippen LogP) is 3.59. The number of carbonyl (C=O) groups is 1. The number of hydrogen-bond acceptors (Lipinski definition) is 3. The number of ether oxygens (including phenoxy) is 1. The lowest BCUT2D eigenvalue weighted by Crippen LogP contribution is -2.37. The topological polar surface area (TPSA) is 38.3 Å². The predicted molar refractivity (Wildman–Crippen MR) is 85.5 cm³/mol. The van der Waals surface area contributed by atoms with Gasteiger partial charge in [0, 0.05) is 11.1 Å². The van der Waals surface area contributed by atoms with Crippen LogP contribution in [0.25, 0.3) is 0 Å². The summed E-state index contributed by atoms with van der Waals surface area (Å²) in [5.74, 6) is 0.0495. The van der Waals surface area contributed by atoms with Crippen LogP contribution in [0.4, 0.5) is 0 Å². The summed E-state index contributed by atoms with van der Waals surface area (Å²) >= 11 is 5.88. The normalized spacial score (nSPS) is 22.0. The average molecular weight is 310 g/mol. The zero-order valence-corrected chi connectivity index (χ0v) is 13.4. The van der Waals surface area contributed by atoms with E-state index in [0.29, 0.717) is 12.6 Å². The highest BCUT2D eigenvalue weighted by atomic mass is 35.5. The van der Waals surface area contributed by atoms with Crippen LogP contribution in [-0.4, -0.2) is 25.2 Å². The Kier molecular flexibility index (Phi) is 6.52. The third-order valence-electron chi connectivity index (χ3n) is 4.05. The van der Waals surface area contributed by atoms with Crippen molar-refractivity contribution in [3.05, 3.63) is 34.9 Å². The van der Waals surface area contributed by atoms with Gasteiger partial charge in [0.25, 0.3) is 0 Å². The number of halogens is 1. The zero-order chi connectivity index (χ0) is 15.1. The SMILES string of the molecule is CCOC(=O)C1CCCC(NCCc2ccc(Cl)cc2)C1. The van der Waals surface area contributed by atoms with Gasteiger partial charge in [-0.15, -0.1) is 0 Å². The zero-order valence-electron chi connectivity index (χ0n) is 12.6. The van der Waals surface area contributed by atoms with E-state index in [1.165, 1.54) is 5.56 Å². The highest BCUT2D eigenvalue weighted by Crippen LogP contribution is 2.25. The van der Waals surface area contributed by atoms with E-state index in [4.69, 9.17) is 16.3 Å². The van der Waals surface area contributed by atoms with Gasteiger partial charge < -0.3 is 10.1 Å². The largest absolute Gasteiger partial charge is 0.466 e. The lowest BCUT2D eigenvalue weighted by atomic mass is 9.85. The summed E-state index contributed by atoms with van der Waals surface area (Å²) in [6, 6.07) is 8.40. The molecule has 1 aromatic rings. The van der Waals surface area contributed by atoms with Crippen molar-refractivity contribution in [3.8, 4) is 0 Å². The molecule has 2 rings (SSSR count). The molecular formula is C17H24ClNO2. The molecule has 0 radical (unpaired) electrons. The summed E-state index contributed by atoms with van der Waals surface area (Å²) in [4.78, 5) is 11.8. The van der Waals surface area contributed by atoms with E-state index in [1.54, 1.807) is 0 Å². The fourth-order valence-corrected chi connectivity index (χ4v) is 3.05. The Balaban J connectivity index is 1.72. The van der Waals surface area contributed by atoms with Gasteiger partial charge in [0.15, 0.2) is 0 Å². The van der Waals surface area contributed by atoms with Crippen LogP contribution in [0.5, 0.6) is 0 Å². The van der Waals surface area contributed by atoms with E-state index in [0.717, 1.165) is 43.7 Å². The Labute approximate surface area is 132 Å². The molecule has 0 saturated heterocycles. The van der Waals surface area contributed by atoms with Crippen molar-refractivity contribution in [1.29, 1.82) is 0 Å². The molecule has 116 valence electrons. The molecule has 1 saturated carbocycles. The minimum Gasteiger partial charge on any atom is -0.466 e. The maximum atomic E-state index is 11.8. The molecule has 2 unspecified atom stereocenters. The van der Waals surface area contributed by atoms with E-state index in [9.17, 15) is 4.79 Å². The average Bonchev–Trinajstić information content (AvgIpc) is 2.50. The van der Waals surface area contributed by atoms with Crippen molar-refractivity contribution in [2.45, 2.75) is 45.1 Å². The fourth-order valence-electron chi connectivity index (χ4n) is 2.92. The van der Waals surface area contributed by atoms with Crippen LogP contribution in [0.1, 0.15) is 38.2 Å². The Hall–Kier alpha value is -1.06. The smallest absolute Gasteiger partial charge is 0.308 e. The van der Waals surface area contributed by atoms with Crippen LogP contribution in [0.2, 0.25) is 5.02 Å². The number of hydrogen-bond donors (Lipinski definition) is 1. The summed E-state index contributed by atoms with van der Waals surface area (Å²) in [6.45, 7) is 3.27. The number of carbonyl (C=O) groups excluding carboxylic acids is 1. The maximum Gasteiger partial charge on any atom is 0.308 e. The van der Waals surface area contributed by atoms with Crippen molar-refractivity contribution in [2.24, 2.45) is 5.92 Å². The molecule has 0 aliphatic heterocycles. The number of rotatable bonds is 6. The first-order valence-corrected chi connectivity index (χ1v) is 8.21. The van der Waals surface area contributed by atoms with E-state index in [-0.39, 0.29) is 11.9 Å². The van der Waals surface area contributed by atoms with Gasteiger partial charge in [-0.3, -0.25) is 4.79 Å². The lowest BCUT2D eigenvalue weighted by Gasteiger charge is -2.28. The molecule has 3 nitrogen and oxygen atoms in total. The molecule has 0 amide bonds. The molecule has 0 spiro atoms. The van der Waals surface area contributed by atoms with Crippen LogP contribution >= 0.6 is 11.6 Å². The summed E-state index contributed by atoms with van der Waals surface area (Å²) in [6.07, 6.45) is 5.10. The Morgan fingerprint density at radius 3 is 2.81 bits per heavy atom. The molecule has 1 fully saturated rings. The third kappa shape index (κ3) is 5.33. The van der Waals surface area contributed by atoms with Gasteiger partial charge in [0.1, 0.15) is 0 Å². The van der Waals surface area contributed by atoms with E-state index >= 15 is 0 Å². The van der Waals surface area contributed by atoms with Gasteiger partial charge in [-0.2, -0.15) is 0 Å². The summed E-state index contributed by atoms with van der Waals surface area (Å²) in [5, 5.41) is 4.35. The van der Waals surface area contributed by atoms with Crippen LogP contribution < -0.4 is 5.32 Å². The molecule has 1 aliphatic carbocycles. The van der Waals surface area contributed by atoms with Gasteiger partial charge in [0.2, 0.25) is 0 Å². The minimum absolute atomic E-state index is 0.0262. The van der Waals surface area contributed by atoms with Crippen molar-refractivity contribution in [3.63, 3.8) is 0 Å². The van der Waals surface area contributed by atoms with Gasteiger partial charge >= 0.3 is 5.97 Å². The third-order valence-corrected chi connectivity index (χ3v) is 4.31. The molecule has 1 N–H and O–H groups in total. The first kappa shape index (κ1) is 16.3. The van der Waals surface area contributed by atoms with E-state index in [1.807, 2.05) is 19.1 Å². The molecular weight excluding hydrogens is 286 g/mol. The highest BCUT2D eigenvalue weighted by molar-refractivity contribution is 6.30. The molecule has 1 aliphatic rings. The lowest BCUT2D eigenvalue weighted by molar-refractivity contribution is -0.149. The van der Waals surface area contributed by atoms with Crippen molar-refractivity contribution in [2.75, 3.05) is 13.2 Å².